The van der Waals surface area contributed by atoms with Crippen LogP contribution in [0.4, 0.5) is 0 Å². The first-order chi connectivity index (χ1) is 13.9. The Morgan fingerprint density at radius 1 is 1.14 bits per heavy atom. The molecule has 0 radical (unpaired) electrons. The molecule has 1 aliphatic heterocycles. The summed E-state index contributed by atoms with van der Waals surface area (Å²) in [7, 11) is 0. The number of likely N-dealkylation sites (tertiary alicyclic amines) is 1. The van der Waals surface area contributed by atoms with Gasteiger partial charge >= 0.3 is 11.9 Å². The third-order valence-corrected chi connectivity index (χ3v) is 6.31. The van der Waals surface area contributed by atoms with Crippen molar-refractivity contribution in [3.05, 3.63) is 35.9 Å². The molecule has 1 saturated carbocycles. The summed E-state index contributed by atoms with van der Waals surface area (Å²) in [6.45, 7) is 1.63. The second-order valence-corrected chi connectivity index (χ2v) is 8.25. The minimum absolute atomic E-state index is 0.0470. The number of benzene rings is 1. The molecule has 1 aromatic carbocycles. The van der Waals surface area contributed by atoms with Gasteiger partial charge < -0.3 is 15.1 Å². The third-order valence-electron chi connectivity index (χ3n) is 6.31. The van der Waals surface area contributed by atoms with Gasteiger partial charge in [0.05, 0.1) is 6.04 Å². The van der Waals surface area contributed by atoms with Crippen molar-refractivity contribution in [1.82, 2.24) is 10.2 Å². The van der Waals surface area contributed by atoms with Gasteiger partial charge in [-0.2, -0.15) is 0 Å². The number of hydrogen-bond donors (Lipinski definition) is 3. The van der Waals surface area contributed by atoms with Crippen molar-refractivity contribution in [2.75, 3.05) is 0 Å². The van der Waals surface area contributed by atoms with Gasteiger partial charge in [0.2, 0.25) is 5.91 Å². The second-order valence-electron chi connectivity index (χ2n) is 8.25. The van der Waals surface area contributed by atoms with Gasteiger partial charge in [-0.25, -0.2) is 4.79 Å². The summed E-state index contributed by atoms with van der Waals surface area (Å²) < 4.78 is 0. The first-order valence-electron chi connectivity index (χ1n) is 10.5. The molecular weight excluding hydrogens is 372 g/mol. The predicted octanol–water partition coefficient (Wildman–Crippen LogP) is 2.29. The van der Waals surface area contributed by atoms with Crippen molar-refractivity contribution in [3.8, 4) is 0 Å². The minimum Gasteiger partial charge on any atom is -0.480 e. The first kappa shape index (κ1) is 21.3. The Balaban J connectivity index is 1.66. The number of carbonyl (C=O) groups is 3. The number of amides is 1. The summed E-state index contributed by atoms with van der Waals surface area (Å²) in [5.41, 5.74) is 1.04. The Morgan fingerprint density at radius 2 is 1.83 bits per heavy atom. The van der Waals surface area contributed by atoms with E-state index in [1.54, 1.807) is 6.92 Å². The Morgan fingerprint density at radius 3 is 2.48 bits per heavy atom. The number of nitrogens with zero attached hydrogens (tertiary/aromatic N) is 1. The van der Waals surface area contributed by atoms with Crippen LogP contribution in [0.2, 0.25) is 0 Å². The van der Waals surface area contributed by atoms with Crippen molar-refractivity contribution in [1.29, 1.82) is 0 Å². The number of aliphatic carboxylic acids is 2. The van der Waals surface area contributed by atoms with E-state index in [2.05, 4.69) is 5.32 Å². The van der Waals surface area contributed by atoms with E-state index in [-0.39, 0.29) is 17.9 Å². The van der Waals surface area contributed by atoms with Gasteiger partial charge in [0.25, 0.3) is 0 Å². The lowest BCUT2D eigenvalue weighted by Crippen LogP contribution is -2.55. The molecule has 0 aromatic heterocycles. The monoisotopic (exact) mass is 402 g/mol. The molecule has 2 fully saturated rings. The van der Waals surface area contributed by atoms with Crippen molar-refractivity contribution < 1.29 is 24.6 Å². The molecule has 3 rings (SSSR count). The fourth-order valence-electron chi connectivity index (χ4n) is 4.83. The van der Waals surface area contributed by atoms with Gasteiger partial charge in [-0.05, 0) is 50.5 Å². The fraction of sp³-hybridized carbons (Fsp3) is 0.591. The quantitative estimate of drug-likeness (QED) is 0.616. The van der Waals surface area contributed by atoms with Crippen molar-refractivity contribution in [2.45, 2.75) is 76.0 Å². The van der Waals surface area contributed by atoms with Crippen LogP contribution in [0.1, 0.15) is 51.0 Å². The summed E-state index contributed by atoms with van der Waals surface area (Å²) in [4.78, 5) is 38.2. The maximum Gasteiger partial charge on any atom is 0.326 e. The Hall–Kier alpha value is -2.41. The van der Waals surface area contributed by atoms with E-state index in [0.717, 1.165) is 31.2 Å². The summed E-state index contributed by atoms with van der Waals surface area (Å²) in [5, 5.41) is 22.2. The number of carboxylic acid groups (broad SMARTS) is 2. The van der Waals surface area contributed by atoms with Crippen LogP contribution in [0.5, 0.6) is 0 Å². The van der Waals surface area contributed by atoms with E-state index in [0.29, 0.717) is 19.3 Å². The number of nitrogens with one attached hydrogen (secondary N) is 1. The average molecular weight is 402 g/mol. The molecular formula is C22H30N2O5. The van der Waals surface area contributed by atoms with Crippen molar-refractivity contribution >= 4 is 17.8 Å². The zero-order chi connectivity index (χ0) is 21.0. The summed E-state index contributed by atoms with van der Waals surface area (Å²) in [6, 6.07) is 7.12. The molecule has 5 atom stereocenters. The third kappa shape index (κ3) is 4.96. The predicted molar refractivity (Wildman–Crippen MR) is 107 cm³/mol. The molecule has 1 aliphatic carbocycles. The normalized spacial score (nSPS) is 25.8. The van der Waals surface area contributed by atoms with Gasteiger partial charge in [0.1, 0.15) is 12.1 Å². The smallest absolute Gasteiger partial charge is 0.326 e. The number of aryl methyl sites for hydroxylation is 1. The summed E-state index contributed by atoms with van der Waals surface area (Å²) in [5.74, 6) is -2.06. The fourth-order valence-corrected chi connectivity index (χ4v) is 4.83. The molecule has 1 amide bonds. The van der Waals surface area contributed by atoms with Crippen LogP contribution in [0.3, 0.4) is 0 Å². The standard InChI is InChI=1S/C22H30N2O5/c1-14(23-17(21(26)27)12-11-15-7-3-2-4-8-15)20(25)24-18-10-6-5-9-16(18)13-19(24)22(28)29/h2-4,7-8,14,16-19,23H,5-6,9-13H2,1H3,(H,26,27)(H,28,29). The number of hydrogen-bond acceptors (Lipinski definition) is 4. The lowest BCUT2D eigenvalue weighted by atomic mass is 9.84. The molecule has 0 bridgehead atoms. The van der Waals surface area contributed by atoms with Crippen LogP contribution < -0.4 is 5.32 Å². The highest BCUT2D eigenvalue weighted by molar-refractivity contribution is 5.88. The highest BCUT2D eigenvalue weighted by Crippen LogP contribution is 2.40. The topological polar surface area (TPSA) is 107 Å². The molecule has 7 nitrogen and oxygen atoms in total. The molecule has 7 heteroatoms. The summed E-state index contributed by atoms with van der Waals surface area (Å²) in [6.07, 6.45) is 5.27. The molecule has 158 valence electrons. The van der Waals surface area contributed by atoms with Gasteiger partial charge in [-0.3, -0.25) is 14.9 Å². The molecule has 1 saturated heterocycles. The number of carboxylic acids is 2. The number of fused-ring (bicyclic) bond motifs is 1. The second kappa shape index (κ2) is 9.39. The zero-order valence-electron chi connectivity index (χ0n) is 16.8. The molecule has 29 heavy (non-hydrogen) atoms. The van der Waals surface area contributed by atoms with Gasteiger partial charge in [0.15, 0.2) is 0 Å². The highest BCUT2D eigenvalue weighted by atomic mass is 16.4. The van der Waals surface area contributed by atoms with Crippen LogP contribution in [0.25, 0.3) is 0 Å². The largest absolute Gasteiger partial charge is 0.480 e. The van der Waals surface area contributed by atoms with Crippen molar-refractivity contribution in [3.63, 3.8) is 0 Å². The zero-order valence-corrected chi connectivity index (χ0v) is 16.8. The van der Waals surface area contributed by atoms with Gasteiger partial charge in [-0.15, -0.1) is 0 Å². The first-order valence-corrected chi connectivity index (χ1v) is 10.5. The lowest BCUT2D eigenvalue weighted by Gasteiger charge is -2.35. The van der Waals surface area contributed by atoms with Crippen LogP contribution in [0, 0.1) is 5.92 Å². The average Bonchev–Trinajstić information content (AvgIpc) is 3.10. The van der Waals surface area contributed by atoms with Gasteiger partial charge in [-0.1, -0.05) is 43.2 Å². The molecule has 1 heterocycles. The van der Waals surface area contributed by atoms with Crippen LogP contribution >= 0.6 is 0 Å². The van der Waals surface area contributed by atoms with E-state index < -0.39 is 30.1 Å². The van der Waals surface area contributed by atoms with E-state index >= 15 is 0 Å². The summed E-state index contributed by atoms with van der Waals surface area (Å²) >= 11 is 0. The molecule has 0 spiro atoms. The lowest BCUT2D eigenvalue weighted by molar-refractivity contribution is -0.151. The molecule has 3 N–H and O–H groups in total. The number of carbonyl (C=O) groups excluding carboxylic acids is 1. The Kier molecular flexibility index (Phi) is 6.90. The van der Waals surface area contributed by atoms with E-state index in [9.17, 15) is 24.6 Å². The highest BCUT2D eigenvalue weighted by Gasteiger charge is 2.48. The van der Waals surface area contributed by atoms with Crippen LogP contribution in [-0.2, 0) is 20.8 Å². The van der Waals surface area contributed by atoms with E-state index in [1.165, 1.54) is 4.90 Å². The van der Waals surface area contributed by atoms with E-state index in [4.69, 9.17) is 0 Å². The maximum atomic E-state index is 13.2. The minimum atomic E-state index is -1.01. The molecule has 2 aliphatic rings. The SMILES string of the molecule is CC(NC(CCc1ccccc1)C(=O)O)C(=O)N1C(C(=O)O)CC2CCCCC21. The van der Waals surface area contributed by atoms with Crippen LogP contribution in [0.15, 0.2) is 30.3 Å². The van der Waals surface area contributed by atoms with Crippen molar-refractivity contribution in [2.24, 2.45) is 5.92 Å². The van der Waals surface area contributed by atoms with Crippen LogP contribution in [-0.4, -0.2) is 57.1 Å². The Labute approximate surface area is 171 Å². The molecule has 1 aromatic rings. The number of rotatable bonds is 8. The van der Waals surface area contributed by atoms with E-state index in [1.807, 2.05) is 30.3 Å². The Bertz CT molecular complexity index is 738. The maximum absolute atomic E-state index is 13.2. The molecule has 5 unspecified atom stereocenters. The van der Waals surface area contributed by atoms with Gasteiger partial charge in [0, 0.05) is 6.04 Å².